The van der Waals surface area contributed by atoms with Gasteiger partial charge in [-0.3, -0.25) is 0 Å². The lowest BCUT2D eigenvalue weighted by Crippen LogP contribution is -2.53. The van der Waals surface area contributed by atoms with E-state index in [1.165, 1.54) is 11.1 Å². The lowest BCUT2D eigenvalue weighted by Gasteiger charge is -2.38. The standard InChI is InChI=1S/C15H19N3O/c1-10-5-3-4-6-12(10)13-11(2)17-14(18-13)15(7-16)8-19-9-15/h3-6H,7-9,16H2,1-2H3,(H,17,18). The van der Waals surface area contributed by atoms with Crippen LogP contribution >= 0.6 is 0 Å². The maximum atomic E-state index is 5.89. The number of hydrogen-bond donors (Lipinski definition) is 2. The number of ether oxygens (including phenoxy) is 1. The van der Waals surface area contributed by atoms with Crippen molar-refractivity contribution in [2.24, 2.45) is 5.73 Å². The fourth-order valence-electron chi connectivity index (χ4n) is 2.51. The van der Waals surface area contributed by atoms with Crippen molar-refractivity contribution in [1.82, 2.24) is 9.97 Å². The summed E-state index contributed by atoms with van der Waals surface area (Å²) in [5.41, 5.74) is 10.3. The molecule has 0 amide bonds. The molecule has 0 saturated carbocycles. The van der Waals surface area contributed by atoms with E-state index in [9.17, 15) is 0 Å². The minimum Gasteiger partial charge on any atom is -0.379 e. The number of aryl methyl sites for hydroxylation is 2. The molecule has 0 radical (unpaired) electrons. The summed E-state index contributed by atoms with van der Waals surface area (Å²) < 4.78 is 5.32. The van der Waals surface area contributed by atoms with Gasteiger partial charge in [-0.2, -0.15) is 0 Å². The molecule has 1 aliphatic heterocycles. The van der Waals surface area contributed by atoms with Crippen LogP contribution < -0.4 is 5.73 Å². The molecule has 3 rings (SSSR count). The summed E-state index contributed by atoms with van der Waals surface area (Å²) in [5, 5.41) is 0. The average Bonchev–Trinajstić information content (AvgIpc) is 2.72. The van der Waals surface area contributed by atoms with Crippen molar-refractivity contribution in [3.05, 3.63) is 41.3 Å². The molecule has 0 unspecified atom stereocenters. The molecule has 2 heterocycles. The number of nitrogens with two attached hydrogens (primary N) is 1. The van der Waals surface area contributed by atoms with Crippen molar-refractivity contribution in [2.75, 3.05) is 19.8 Å². The third-order valence-corrected chi connectivity index (χ3v) is 3.93. The number of nitrogens with zero attached hydrogens (tertiary/aromatic N) is 1. The van der Waals surface area contributed by atoms with Gasteiger partial charge in [0.05, 0.1) is 24.3 Å². The van der Waals surface area contributed by atoms with Crippen LogP contribution in [0.2, 0.25) is 0 Å². The van der Waals surface area contributed by atoms with Gasteiger partial charge < -0.3 is 15.5 Å². The highest BCUT2D eigenvalue weighted by molar-refractivity contribution is 5.65. The van der Waals surface area contributed by atoms with E-state index in [0.29, 0.717) is 19.8 Å². The van der Waals surface area contributed by atoms with E-state index in [2.05, 4.69) is 31.0 Å². The van der Waals surface area contributed by atoms with Gasteiger partial charge in [-0.25, -0.2) is 4.98 Å². The van der Waals surface area contributed by atoms with Crippen LogP contribution in [-0.2, 0) is 10.2 Å². The van der Waals surface area contributed by atoms with Gasteiger partial charge in [0, 0.05) is 17.8 Å². The number of imidazole rings is 1. The molecule has 19 heavy (non-hydrogen) atoms. The molecule has 2 aromatic rings. The third-order valence-electron chi connectivity index (χ3n) is 3.93. The average molecular weight is 257 g/mol. The Bertz CT molecular complexity index is 594. The van der Waals surface area contributed by atoms with Gasteiger partial charge in [0.1, 0.15) is 5.82 Å². The molecule has 0 bridgehead atoms. The minimum atomic E-state index is -0.119. The molecule has 1 aromatic heterocycles. The van der Waals surface area contributed by atoms with Gasteiger partial charge in [-0.15, -0.1) is 0 Å². The summed E-state index contributed by atoms with van der Waals surface area (Å²) in [6.07, 6.45) is 0. The van der Waals surface area contributed by atoms with E-state index in [1.54, 1.807) is 0 Å². The van der Waals surface area contributed by atoms with Crippen molar-refractivity contribution < 1.29 is 4.74 Å². The number of H-pyrrole nitrogens is 1. The highest BCUT2D eigenvalue weighted by Crippen LogP contribution is 2.33. The summed E-state index contributed by atoms with van der Waals surface area (Å²) in [4.78, 5) is 8.18. The quantitative estimate of drug-likeness (QED) is 0.883. The Hall–Kier alpha value is -1.65. The van der Waals surface area contributed by atoms with Crippen molar-refractivity contribution in [3.8, 4) is 11.3 Å². The molecule has 4 nitrogen and oxygen atoms in total. The van der Waals surface area contributed by atoms with Gasteiger partial charge in [-0.1, -0.05) is 24.3 Å². The lowest BCUT2D eigenvalue weighted by atomic mass is 9.85. The van der Waals surface area contributed by atoms with Gasteiger partial charge in [0.25, 0.3) is 0 Å². The van der Waals surface area contributed by atoms with E-state index < -0.39 is 0 Å². The van der Waals surface area contributed by atoms with Crippen LogP contribution in [0.3, 0.4) is 0 Å². The minimum absolute atomic E-state index is 0.119. The monoisotopic (exact) mass is 257 g/mol. The van der Waals surface area contributed by atoms with Gasteiger partial charge in [0.2, 0.25) is 0 Å². The molecule has 1 saturated heterocycles. The second kappa shape index (κ2) is 4.47. The zero-order valence-corrected chi connectivity index (χ0v) is 11.4. The molecule has 100 valence electrons. The van der Waals surface area contributed by atoms with E-state index in [0.717, 1.165) is 17.2 Å². The van der Waals surface area contributed by atoms with Crippen molar-refractivity contribution in [2.45, 2.75) is 19.3 Å². The van der Waals surface area contributed by atoms with E-state index in [-0.39, 0.29) is 5.41 Å². The van der Waals surface area contributed by atoms with Crippen LogP contribution in [0.5, 0.6) is 0 Å². The van der Waals surface area contributed by atoms with Crippen molar-refractivity contribution in [1.29, 1.82) is 0 Å². The Labute approximate surface area is 113 Å². The van der Waals surface area contributed by atoms with Gasteiger partial charge in [0.15, 0.2) is 0 Å². The lowest BCUT2D eigenvalue weighted by molar-refractivity contribution is -0.0590. The van der Waals surface area contributed by atoms with E-state index in [1.807, 2.05) is 12.1 Å². The number of aromatic nitrogens is 2. The van der Waals surface area contributed by atoms with E-state index in [4.69, 9.17) is 15.5 Å². The normalized spacial score (nSPS) is 17.2. The smallest absolute Gasteiger partial charge is 0.119 e. The van der Waals surface area contributed by atoms with Crippen LogP contribution in [0, 0.1) is 13.8 Å². The third kappa shape index (κ3) is 1.88. The van der Waals surface area contributed by atoms with Crippen LogP contribution in [0.25, 0.3) is 11.3 Å². The SMILES string of the molecule is Cc1ccccc1-c1nc(C2(CN)COC2)[nH]c1C. The summed E-state index contributed by atoms with van der Waals surface area (Å²) in [6.45, 7) is 6.04. The predicted octanol–water partition coefficient (Wildman–Crippen LogP) is 1.92. The fraction of sp³-hybridized carbons (Fsp3) is 0.400. The Balaban J connectivity index is 2.05. The second-order valence-corrected chi connectivity index (χ2v) is 5.35. The molecule has 0 aliphatic carbocycles. The highest BCUT2D eigenvalue weighted by atomic mass is 16.5. The molecule has 1 aromatic carbocycles. The Kier molecular flexibility index (Phi) is 2.92. The van der Waals surface area contributed by atoms with Crippen LogP contribution in [0.4, 0.5) is 0 Å². The first-order valence-corrected chi connectivity index (χ1v) is 6.57. The largest absolute Gasteiger partial charge is 0.379 e. The maximum Gasteiger partial charge on any atom is 0.119 e. The zero-order valence-electron chi connectivity index (χ0n) is 11.4. The summed E-state index contributed by atoms with van der Waals surface area (Å²) in [7, 11) is 0. The predicted molar refractivity (Wildman–Crippen MR) is 75.0 cm³/mol. The molecule has 0 spiro atoms. The molecule has 3 N–H and O–H groups in total. The first kappa shape index (κ1) is 12.4. The molecule has 1 fully saturated rings. The first-order chi connectivity index (χ1) is 9.16. The Morgan fingerprint density at radius 2 is 2.05 bits per heavy atom. The highest BCUT2D eigenvalue weighted by Gasteiger charge is 2.42. The summed E-state index contributed by atoms with van der Waals surface area (Å²) in [6, 6.07) is 8.30. The Morgan fingerprint density at radius 1 is 1.32 bits per heavy atom. The van der Waals surface area contributed by atoms with Crippen molar-refractivity contribution in [3.63, 3.8) is 0 Å². The first-order valence-electron chi connectivity index (χ1n) is 6.57. The topological polar surface area (TPSA) is 63.9 Å². The molecule has 4 heteroatoms. The van der Waals surface area contributed by atoms with Crippen LogP contribution in [0.15, 0.2) is 24.3 Å². The fourth-order valence-corrected chi connectivity index (χ4v) is 2.51. The zero-order chi connectivity index (χ0) is 13.5. The van der Waals surface area contributed by atoms with Gasteiger partial charge in [-0.05, 0) is 19.4 Å². The van der Waals surface area contributed by atoms with Crippen LogP contribution in [-0.4, -0.2) is 29.7 Å². The Morgan fingerprint density at radius 3 is 2.63 bits per heavy atom. The number of benzene rings is 1. The number of hydrogen-bond acceptors (Lipinski definition) is 3. The molecular weight excluding hydrogens is 238 g/mol. The molecule has 0 atom stereocenters. The summed E-state index contributed by atoms with van der Waals surface area (Å²) in [5.74, 6) is 0.956. The number of aromatic amines is 1. The summed E-state index contributed by atoms with van der Waals surface area (Å²) >= 11 is 0. The number of nitrogens with one attached hydrogen (secondary N) is 1. The van der Waals surface area contributed by atoms with E-state index >= 15 is 0 Å². The van der Waals surface area contributed by atoms with Crippen molar-refractivity contribution >= 4 is 0 Å². The molecular formula is C15H19N3O. The second-order valence-electron chi connectivity index (χ2n) is 5.35. The number of rotatable bonds is 3. The molecule has 1 aliphatic rings. The maximum absolute atomic E-state index is 5.89. The van der Waals surface area contributed by atoms with Crippen LogP contribution in [0.1, 0.15) is 17.1 Å². The van der Waals surface area contributed by atoms with Gasteiger partial charge >= 0.3 is 0 Å².